The quantitative estimate of drug-likeness (QED) is 0.513. The lowest BCUT2D eigenvalue weighted by Crippen LogP contribution is -2.36. The molecule has 0 saturated carbocycles. The third-order valence-corrected chi connectivity index (χ3v) is 4.24. The predicted octanol–water partition coefficient (Wildman–Crippen LogP) is 3.01. The van der Waals surface area contributed by atoms with Crippen molar-refractivity contribution in [3.05, 3.63) is 0 Å². The molecule has 1 rings (SSSR count). The maximum Gasteiger partial charge on any atom is 0.0974 e. The molecule has 1 aliphatic heterocycles. The maximum absolute atomic E-state index is 9.77. The molecule has 0 aromatic rings. The first-order valence-electron chi connectivity index (χ1n) is 8.88. The van der Waals surface area contributed by atoms with Gasteiger partial charge in [0.15, 0.2) is 0 Å². The van der Waals surface area contributed by atoms with Gasteiger partial charge in [-0.05, 0) is 19.3 Å². The Kier molecular flexibility index (Phi) is 11.1. The topological polar surface area (TPSA) is 64.7 Å². The van der Waals surface area contributed by atoms with E-state index in [2.05, 4.69) is 6.92 Å². The number of aliphatic hydroxyl groups excluding tert-OH is 1. The Morgan fingerprint density at radius 3 is 2.24 bits per heavy atom. The van der Waals surface area contributed by atoms with Gasteiger partial charge in [-0.2, -0.15) is 0 Å². The lowest BCUT2D eigenvalue weighted by molar-refractivity contribution is 0.0342. The second-order valence-electron chi connectivity index (χ2n) is 6.26. The molecule has 3 N–H and O–H groups in total. The van der Waals surface area contributed by atoms with Gasteiger partial charge in [0.2, 0.25) is 0 Å². The van der Waals surface area contributed by atoms with Crippen molar-refractivity contribution in [3.8, 4) is 0 Å². The molecule has 0 unspecified atom stereocenters. The average Bonchev–Trinajstić information content (AvgIpc) is 2.80. The van der Waals surface area contributed by atoms with E-state index in [1.54, 1.807) is 0 Å². The van der Waals surface area contributed by atoms with Gasteiger partial charge in [0.25, 0.3) is 0 Å². The summed E-state index contributed by atoms with van der Waals surface area (Å²) < 4.78 is 11.1. The molecule has 0 radical (unpaired) electrons. The van der Waals surface area contributed by atoms with Crippen molar-refractivity contribution in [1.29, 1.82) is 0 Å². The molecule has 1 heterocycles. The normalized spacial score (nSPS) is 25.6. The molecule has 1 aliphatic rings. The number of nitrogens with two attached hydrogens (primary N) is 1. The molecule has 1 saturated heterocycles. The van der Waals surface area contributed by atoms with Gasteiger partial charge >= 0.3 is 0 Å². The number of unbranched alkanes of at least 4 members (excludes halogenated alkanes) is 7. The van der Waals surface area contributed by atoms with Crippen LogP contribution in [-0.2, 0) is 9.47 Å². The minimum Gasteiger partial charge on any atom is -0.389 e. The highest BCUT2D eigenvalue weighted by molar-refractivity contribution is 4.85. The van der Waals surface area contributed by atoms with Crippen molar-refractivity contribution in [3.63, 3.8) is 0 Å². The molecule has 0 spiro atoms. The Balaban J connectivity index is 1.77. The fourth-order valence-corrected chi connectivity index (χ4v) is 2.77. The zero-order chi connectivity index (χ0) is 15.3. The molecule has 0 aromatic heterocycles. The summed E-state index contributed by atoms with van der Waals surface area (Å²) in [5.41, 5.74) is 5.72. The highest BCUT2D eigenvalue weighted by Gasteiger charge is 2.32. The van der Waals surface area contributed by atoms with E-state index in [4.69, 9.17) is 15.2 Å². The lowest BCUT2D eigenvalue weighted by atomic mass is 10.0. The van der Waals surface area contributed by atoms with E-state index in [0.717, 1.165) is 26.1 Å². The summed E-state index contributed by atoms with van der Waals surface area (Å²) in [4.78, 5) is 0. The van der Waals surface area contributed by atoms with Crippen molar-refractivity contribution in [2.24, 2.45) is 5.73 Å². The van der Waals surface area contributed by atoms with Gasteiger partial charge in [-0.25, -0.2) is 0 Å². The van der Waals surface area contributed by atoms with Gasteiger partial charge in [-0.3, -0.25) is 0 Å². The monoisotopic (exact) mass is 301 g/mol. The van der Waals surface area contributed by atoms with Crippen LogP contribution in [0.25, 0.3) is 0 Å². The molecule has 1 fully saturated rings. The first-order valence-corrected chi connectivity index (χ1v) is 8.88. The van der Waals surface area contributed by atoms with E-state index in [1.165, 1.54) is 51.4 Å². The van der Waals surface area contributed by atoms with E-state index >= 15 is 0 Å². The number of hydrogen-bond acceptors (Lipinski definition) is 4. The van der Waals surface area contributed by atoms with Crippen LogP contribution in [0.5, 0.6) is 0 Å². The molecular formula is C17H35NO3. The molecule has 3 atom stereocenters. The van der Waals surface area contributed by atoms with E-state index in [9.17, 15) is 5.11 Å². The number of aliphatic hydroxyl groups is 1. The van der Waals surface area contributed by atoms with Gasteiger partial charge in [-0.1, -0.05) is 51.9 Å². The van der Waals surface area contributed by atoms with Gasteiger partial charge in [0.1, 0.15) is 0 Å². The van der Waals surface area contributed by atoms with Crippen LogP contribution in [-0.4, -0.2) is 43.2 Å². The smallest absolute Gasteiger partial charge is 0.0974 e. The standard InChI is InChI=1S/C17H35NO3/c1-2-3-9-12-20-13-10-7-5-4-6-8-11-16-17(19)15(18)14-21-16/h15-17,19H,2-14,18H2,1H3/t15-,16+,17+/m1/s1. The number of ether oxygens (including phenoxy) is 2. The lowest BCUT2D eigenvalue weighted by Gasteiger charge is -2.14. The molecule has 0 bridgehead atoms. The van der Waals surface area contributed by atoms with E-state index in [0.29, 0.717) is 6.61 Å². The Hall–Kier alpha value is -0.160. The fourth-order valence-electron chi connectivity index (χ4n) is 2.77. The zero-order valence-corrected chi connectivity index (χ0v) is 13.8. The molecule has 0 aliphatic carbocycles. The largest absolute Gasteiger partial charge is 0.389 e. The van der Waals surface area contributed by atoms with Crippen LogP contribution in [0.4, 0.5) is 0 Å². The van der Waals surface area contributed by atoms with Gasteiger partial charge in [0, 0.05) is 13.2 Å². The molecule has 4 nitrogen and oxygen atoms in total. The van der Waals surface area contributed by atoms with Crippen LogP contribution in [0.2, 0.25) is 0 Å². The number of hydrogen-bond donors (Lipinski definition) is 2. The molecular weight excluding hydrogens is 266 g/mol. The summed E-state index contributed by atoms with van der Waals surface area (Å²) in [6.07, 6.45) is 11.5. The van der Waals surface area contributed by atoms with Crippen molar-refractivity contribution >= 4 is 0 Å². The Morgan fingerprint density at radius 2 is 1.62 bits per heavy atom. The zero-order valence-electron chi connectivity index (χ0n) is 13.8. The highest BCUT2D eigenvalue weighted by atomic mass is 16.5. The first kappa shape index (κ1) is 18.9. The van der Waals surface area contributed by atoms with Crippen molar-refractivity contribution in [2.45, 2.75) is 89.4 Å². The Labute approximate surface area is 130 Å². The summed E-state index contributed by atoms with van der Waals surface area (Å²) in [5.74, 6) is 0. The van der Waals surface area contributed by atoms with Crippen LogP contribution in [0.1, 0.15) is 71.1 Å². The summed E-state index contributed by atoms with van der Waals surface area (Å²) in [5, 5.41) is 9.77. The van der Waals surface area contributed by atoms with E-state index < -0.39 is 6.10 Å². The Morgan fingerprint density at radius 1 is 1.00 bits per heavy atom. The molecule has 21 heavy (non-hydrogen) atoms. The van der Waals surface area contributed by atoms with Crippen LogP contribution in [0.15, 0.2) is 0 Å². The SMILES string of the molecule is CCCCCOCCCCCCCC[C@@H]1OC[C@@H](N)[C@@H]1O. The molecule has 0 amide bonds. The van der Waals surface area contributed by atoms with Gasteiger partial charge < -0.3 is 20.3 Å². The second-order valence-corrected chi connectivity index (χ2v) is 6.26. The van der Waals surface area contributed by atoms with Crippen LogP contribution >= 0.6 is 0 Å². The molecule has 0 aromatic carbocycles. The van der Waals surface area contributed by atoms with Gasteiger partial charge in [-0.15, -0.1) is 0 Å². The second kappa shape index (κ2) is 12.4. The summed E-state index contributed by atoms with van der Waals surface area (Å²) >= 11 is 0. The minimum absolute atomic E-state index is 0.0310. The molecule has 4 heteroatoms. The molecule has 126 valence electrons. The van der Waals surface area contributed by atoms with Crippen molar-refractivity contribution < 1.29 is 14.6 Å². The van der Waals surface area contributed by atoms with E-state index in [1.807, 2.05) is 0 Å². The predicted molar refractivity (Wildman–Crippen MR) is 86.4 cm³/mol. The van der Waals surface area contributed by atoms with E-state index in [-0.39, 0.29) is 12.1 Å². The van der Waals surface area contributed by atoms with Crippen LogP contribution < -0.4 is 5.73 Å². The highest BCUT2D eigenvalue weighted by Crippen LogP contribution is 2.19. The third-order valence-electron chi connectivity index (χ3n) is 4.24. The van der Waals surface area contributed by atoms with Crippen LogP contribution in [0.3, 0.4) is 0 Å². The summed E-state index contributed by atoms with van der Waals surface area (Å²) in [6, 6.07) is -0.188. The summed E-state index contributed by atoms with van der Waals surface area (Å²) in [7, 11) is 0. The Bertz CT molecular complexity index is 238. The third kappa shape index (κ3) is 8.77. The maximum atomic E-state index is 9.77. The van der Waals surface area contributed by atoms with Crippen molar-refractivity contribution in [2.75, 3.05) is 19.8 Å². The summed E-state index contributed by atoms with van der Waals surface area (Å²) in [6.45, 7) is 4.57. The van der Waals surface area contributed by atoms with Crippen molar-refractivity contribution in [1.82, 2.24) is 0 Å². The average molecular weight is 301 g/mol. The minimum atomic E-state index is -0.463. The van der Waals surface area contributed by atoms with Crippen LogP contribution in [0, 0.1) is 0 Å². The first-order chi connectivity index (χ1) is 10.3. The number of rotatable bonds is 13. The fraction of sp³-hybridized carbons (Fsp3) is 1.00. The van der Waals surface area contributed by atoms with Gasteiger partial charge in [0.05, 0.1) is 24.9 Å².